The van der Waals surface area contributed by atoms with Gasteiger partial charge in [0, 0.05) is 25.6 Å². The number of hydrogen-bond donors (Lipinski definition) is 1. The average molecular weight is 340 g/mol. The molecule has 1 saturated heterocycles. The van der Waals surface area contributed by atoms with E-state index in [-0.39, 0.29) is 16.7 Å². The summed E-state index contributed by atoms with van der Waals surface area (Å²) in [6, 6.07) is 6.67. The Balaban J connectivity index is 2.00. The first-order valence-corrected chi connectivity index (χ1v) is 9.33. The smallest absolute Gasteiger partial charge is 0.243 e. The largest absolute Gasteiger partial charge is 0.379 e. The number of nitrogens with one attached hydrogen (secondary N) is 1. The fraction of sp³-hybridized carbons (Fsp3) is 0.562. The summed E-state index contributed by atoms with van der Waals surface area (Å²) in [4.78, 5) is 12.0. The highest BCUT2D eigenvalue weighted by molar-refractivity contribution is 7.89. The summed E-state index contributed by atoms with van der Waals surface area (Å²) in [6.45, 7) is 5.88. The third-order valence-corrected chi connectivity index (χ3v) is 5.97. The Morgan fingerprint density at radius 3 is 2.43 bits per heavy atom. The van der Waals surface area contributed by atoms with Crippen molar-refractivity contribution in [2.75, 3.05) is 26.3 Å². The van der Waals surface area contributed by atoms with E-state index < -0.39 is 10.0 Å². The zero-order valence-electron chi connectivity index (χ0n) is 13.6. The number of carbonyl (C=O) groups excluding carboxylic acids is 1. The lowest BCUT2D eigenvalue weighted by Crippen LogP contribution is -2.40. The summed E-state index contributed by atoms with van der Waals surface area (Å²) in [5.41, 5.74) is 0.877. The van der Waals surface area contributed by atoms with E-state index in [9.17, 15) is 13.2 Å². The molecule has 0 aliphatic carbocycles. The molecule has 0 radical (unpaired) electrons. The van der Waals surface area contributed by atoms with Gasteiger partial charge in [-0.2, -0.15) is 4.31 Å². The molecule has 1 aromatic carbocycles. The normalized spacial score (nSPS) is 17.7. The summed E-state index contributed by atoms with van der Waals surface area (Å²) in [7, 11) is -3.46. The second-order valence-corrected chi connectivity index (χ2v) is 7.63. The van der Waals surface area contributed by atoms with Crippen LogP contribution in [0, 0.1) is 5.92 Å². The lowest BCUT2D eigenvalue weighted by atomic mass is 10.1. The number of morpholine rings is 1. The summed E-state index contributed by atoms with van der Waals surface area (Å²) < 4.78 is 31.6. The van der Waals surface area contributed by atoms with Crippen LogP contribution in [0.3, 0.4) is 0 Å². The summed E-state index contributed by atoms with van der Waals surface area (Å²) in [5.74, 6) is -0.00603. The maximum atomic E-state index is 12.5. The van der Waals surface area contributed by atoms with Gasteiger partial charge in [0.05, 0.1) is 18.1 Å². The van der Waals surface area contributed by atoms with Gasteiger partial charge in [-0.15, -0.1) is 0 Å². The molecule has 1 unspecified atom stereocenters. The minimum Gasteiger partial charge on any atom is -0.379 e. The summed E-state index contributed by atoms with van der Waals surface area (Å²) in [6.07, 6.45) is 0.794. The van der Waals surface area contributed by atoms with Gasteiger partial charge >= 0.3 is 0 Å². The Hall–Kier alpha value is -1.44. The van der Waals surface area contributed by atoms with Gasteiger partial charge in [-0.25, -0.2) is 8.42 Å². The number of benzene rings is 1. The minimum absolute atomic E-state index is 0.0116. The van der Waals surface area contributed by atoms with Crippen LogP contribution < -0.4 is 5.32 Å². The zero-order valence-corrected chi connectivity index (χ0v) is 14.4. The van der Waals surface area contributed by atoms with Crippen molar-refractivity contribution in [3.63, 3.8) is 0 Å². The van der Waals surface area contributed by atoms with Crippen molar-refractivity contribution in [1.29, 1.82) is 0 Å². The number of carbonyl (C=O) groups is 1. The van der Waals surface area contributed by atoms with Crippen LogP contribution in [0.5, 0.6) is 0 Å². The fourth-order valence-corrected chi connectivity index (χ4v) is 3.67. The van der Waals surface area contributed by atoms with Crippen molar-refractivity contribution in [2.45, 2.75) is 31.7 Å². The van der Waals surface area contributed by atoms with Crippen LogP contribution in [-0.4, -0.2) is 44.9 Å². The van der Waals surface area contributed by atoms with Crippen LogP contribution in [-0.2, 0) is 26.1 Å². The van der Waals surface area contributed by atoms with E-state index in [1.54, 1.807) is 24.3 Å². The van der Waals surface area contributed by atoms with Crippen molar-refractivity contribution in [3.8, 4) is 0 Å². The number of sulfonamides is 1. The molecule has 1 fully saturated rings. The lowest BCUT2D eigenvalue weighted by Gasteiger charge is -2.26. The number of hydrogen-bond acceptors (Lipinski definition) is 4. The Morgan fingerprint density at radius 2 is 1.87 bits per heavy atom. The van der Waals surface area contributed by atoms with Crippen molar-refractivity contribution in [3.05, 3.63) is 29.8 Å². The first-order valence-electron chi connectivity index (χ1n) is 7.89. The summed E-state index contributed by atoms with van der Waals surface area (Å²) >= 11 is 0. The molecule has 1 aliphatic rings. The molecule has 1 N–H and O–H groups in total. The molecule has 1 amide bonds. The second kappa shape index (κ2) is 7.90. The molecule has 23 heavy (non-hydrogen) atoms. The third kappa shape index (κ3) is 4.53. The quantitative estimate of drug-likeness (QED) is 0.849. The van der Waals surface area contributed by atoms with Crippen LogP contribution in [0.4, 0.5) is 0 Å². The SMILES string of the molecule is CCC(C)C(=O)NCc1ccc(S(=O)(=O)N2CCOCC2)cc1. The van der Waals surface area contributed by atoms with Gasteiger partial charge < -0.3 is 10.1 Å². The van der Waals surface area contributed by atoms with Crippen LogP contribution in [0.1, 0.15) is 25.8 Å². The highest BCUT2D eigenvalue weighted by Crippen LogP contribution is 2.17. The molecule has 0 spiro atoms. The molecule has 0 bridgehead atoms. The van der Waals surface area contributed by atoms with Gasteiger partial charge in [-0.1, -0.05) is 26.0 Å². The van der Waals surface area contributed by atoms with Crippen LogP contribution in [0.15, 0.2) is 29.2 Å². The molecule has 2 rings (SSSR count). The highest BCUT2D eigenvalue weighted by atomic mass is 32.2. The Labute approximate surface area is 137 Å². The van der Waals surface area contributed by atoms with E-state index in [2.05, 4.69) is 5.32 Å². The predicted molar refractivity (Wildman–Crippen MR) is 87.3 cm³/mol. The zero-order chi connectivity index (χ0) is 16.9. The van der Waals surface area contributed by atoms with E-state index in [0.717, 1.165) is 12.0 Å². The van der Waals surface area contributed by atoms with Crippen molar-refractivity contribution >= 4 is 15.9 Å². The molecule has 0 aromatic heterocycles. The molecule has 1 aromatic rings. The minimum atomic E-state index is -3.46. The lowest BCUT2D eigenvalue weighted by molar-refractivity contribution is -0.124. The molecule has 1 aliphatic heterocycles. The van der Waals surface area contributed by atoms with Crippen LogP contribution in [0.25, 0.3) is 0 Å². The van der Waals surface area contributed by atoms with Crippen LogP contribution >= 0.6 is 0 Å². The standard InChI is InChI=1S/C16H24N2O4S/c1-3-13(2)16(19)17-12-14-4-6-15(7-5-14)23(20,21)18-8-10-22-11-9-18/h4-7,13H,3,8-12H2,1-2H3,(H,17,19). The topological polar surface area (TPSA) is 75.7 Å². The first-order chi connectivity index (χ1) is 10.9. The Kier molecular flexibility index (Phi) is 6.15. The molecular formula is C16H24N2O4S. The summed E-state index contributed by atoms with van der Waals surface area (Å²) in [5, 5.41) is 2.86. The average Bonchev–Trinajstić information content (AvgIpc) is 2.60. The monoisotopic (exact) mass is 340 g/mol. The molecule has 128 valence electrons. The molecule has 6 nitrogen and oxygen atoms in total. The Bertz CT molecular complexity index is 622. The van der Waals surface area contributed by atoms with Gasteiger partial charge in [-0.3, -0.25) is 4.79 Å². The molecule has 0 saturated carbocycles. The fourth-order valence-electron chi connectivity index (χ4n) is 2.26. The van der Waals surface area contributed by atoms with E-state index in [1.807, 2.05) is 13.8 Å². The van der Waals surface area contributed by atoms with Crippen molar-refractivity contribution < 1.29 is 17.9 Å². The highest BCUT2D eigenvalue weighted by Gasteiger charge is 2.26. The van der Waals surface area contributed by atoms with E-state index in [4.69, 9.17) is 4.74 Å². The maximum absolute atomic E-state index is 12.5. The van der Waals surface area contributed by atoms with Gasteiger partial charge in [0.2, 0.25) is 15.9 Å². The van der Waals surface area contributed by atoms with Gasteiger partial charge in [0.15, 0.2) is 0 Å². The second-order valence-electron chi connectivity index (χ2n) is 5.69. The maximum Gasteiger partial charge on any atom is 0.243 e. The molecule has 1 heterocycles. The molecule has 7 heteroatoms. The first kappa shape index (κ1) is 17.9. The molecular weight excluding hydrogens is 316 g/mol. The van der Waals surface area contributed by atoms with E-state index in [1.165, 1.54) is 4.31 Å². The van der Waals surface area contributed by atoms with E-state index >= 15 is 0 Å². The predicted octanol–water partition coefficient (Wildman–Crippen LogP) is 1.37. The number of nitrogens with zero attached hydrogens (tertiary/aromatic N) is 1. The third-order valence-electron chi connectivity index (χ3n) is 4.06. The number of amides is 1. The van der Waals surface area contributed by atoms with Crippen molar-refractivity contribution in [2.24, 2.45) is 5.92 Å². The molecule has 1 atom stereocenters. The Morgan fingerprint density at radius 1 is 1.26 bits per heavy atom. The van der Waals surface area contributed by atoms with E-state index in [0.29, 0.717) is 32.8 Å². The number of ether oxygens (including phenoxy) is 1. The van der Waals surface area contributed by atoms with Crippen LogP contribution in [0.2, 0.25) is 0 Å². The van der Waals surface area contributed by atoms with Crippen molar-refractivity contribution in [1.82, 2.24) is 9.62 Å². The number of rotatable bonds is 6. The van der Waals surface area contributed by atoms with Gasteiger partial charge in [0.25, 0.3) is 0 Å². The van der Waals surface area contributed by atoms with Gasteiger partial charge in [0.1, 0.15) is 0 Å². The van der Waals surface area contributed by atoms with Gasteiger partial charge in [-0.05, 0) is 24.1 Å².